The normalized spacial score (nSPS) is 55.6. The zero-order valence-corrected chi connectivity index (χ0v) is 22.3. The van der Waals surface area contributed by atoms with Gasteiger partial charge >= 0.3 is 5.97 Å². The number of fused-ring (bicyclic) bond motifs is 5. The highest BCUT2D eigenvalue weighted by atomic mass is 16.7. The van der Waals surface area contributed by atoms with Crippen molar-refractivity contribution in [2.24, 2.45) is 34.5 Å². The van der Waals surface area contributed by atoms with Crippen LogP contribution in [0.2, 0.25) is 0 Å². The summed E-state index contributed by atoms with van der Waals surface area (Å²) in [6.07, 6.45) is 4.47. The zero-order valence-electron chi connectivity index (χ0n) is 22.3. The van der Waals surface area contributed by atoms with E-state index < -0.39 is 41.7 Å². The fraction of sp³-hybridized carbons (Fsp3) is 0.897. The highest BCUT2D eigenvalue weighted by Gasteiger charge is 2.72. The standard InChI is InChI=1S/C29H44O8/c1-15-26(34)22(31)13-25(36-15)37-29-9-7-19(16-10-24(33)35-14-16)28(29,3)23(32)12-21-20(29)5-4-17-11-18(30)6-8-27(17,21)2/h10,15,17-23,25-26,30-32,34H,4-9,11-14H2,1-3H3/t15-,17+,18-,19-,20+,21-,22+,23+,25?,26-,27+,28+,29?/m1/s1. The van der Waals surface area contributed by atoms with E-state index in [0.717, 1.165) is 50.5 Å². The Morgan fingerprint density at radius 2 is 1.76 bits per heavy atom. The largest absolute Gasteiger partial charge is 0.458 e. The SMILES string of the molecule is C[C@H]1OC(OC23CC[C@H](C4=CC(=O)OC4)[C@@]2(C)[C@@H](O)C[C@@H]2[C@@H]3CC[C@H]3C[C@H](O)CC[C@@]32C)C[C@H](O)[C@@H]1O. The summed E-state index contributed by atoms with van der Waals surface area (Å²) in [5.41, 5.74) is -0.410. The predicted molar refractivity (Wildman–Crippen MR) is 133 cm³/mol. The molecule has 4 aliphatic carbocycles. The van der Waals surface area contributed by atoms with Gasteiger partial charge in [-0.1, -0.05) is 13.8 Å². The molecule has 0 aromatic rings. The molecule has 6 aliphatic rings. The topological polar surface area (TPSA) is 126 Å². The third-order valence-corrected chi connectivity index (χ3v) is 12.0. The number of ether oxygens (including phenoxy) is 3. The number of hydrogen-bond acceptors (Lipinski definition) is 8. The van der Waals surface area contributed by atoms with Crippen LogP contribution in [0.3, 0.4) is 0 Å². The van der Waals surface area contributed by atoms with Gasteiger partial charge in [-0.3, -0.25) is 0 Å². The molecule has 0 spiro atoms. The Hall–Kier alpha value is -1.03. The van der Waals surface area contributed by atoms with E-state index in [4.69, 9.17) is 14.2 Å². The number of carbonyl (C=O) groups is 1. The molecule has 0 aromatic carbocycles. The molecule has 0 radical (unpaired) electrons. The van der Waals surface area contributed by atoms with E-state index in [9.17, 15) is 25.2 Å². The van der Waals surface area contributed by atoms with Gasteiger partial charge in [0.05, 0.1) is 30.0 Å². The third-order valence-electron chi connectivity index (χ3n) is 12.0. The van der Waals surface area contributed by atoms with Crippen LogP contribution in [0, 0.1) is 34.5 Å². The molecule has 2 unspecified atom stereocenters. The van der Waals surface area contributed by atoms with Crippen molar-refractivity contribution in [2.45, 2.75) is 121 Å². The maximum atomic E-state index is 12.1. The molecule has 4 N–H and O–H groups in total. The number of carbonyl (C=O) groups excluding carboxylic acids is 1. The predicted octanol–water partition coefficient (Wildman–Crippen LogP) is 2.46. The van der Waals surface area contributed by atoms with Gasteiger partial charge < -0.3 is 34.6 Å². The van der Waals surface area contributed by atoms with Crippen molar-refractivity contribution in [3.05, 3.63) is 11.6 Å². The zero-order chi connectivity index (χ0) is 26.3. The molecule has 8 heteroatoms. The lowest BCUT2D eigenvalue weighted by molar-refractivity contribution is -0.340. The van der Waals surface area contributed by atoms with E-state index in [0.29, 0.717) is 12.3 Å². The first kappa shape index (κ1) is 26.2. The van der Waals surface area contributed by atoms with E-state index in [2.05, 4.69) is 13.8 Å². The van der Waals surface area contributed by atoms with Crippen LogP contribution in [0.1, 0.15) is 78.6 Å². The van der Waals surface area contributed by atoms with Crippen LogP contribution in [-0.2, 0) is 19.0 Å². The molecule has 37 heavy (non-hydrogen) atoms. The molecule has 13 atom stereocenters. The first-order valence-corrected chi connectivity index (χ1v) is 14.4. The lowest BCUT2D eigenvalue weighted by Gasteiger charge is -2.66. The monoisotopic (exact) mass is 520 g/mol. The molecule has 8 nitrogen and oxygen atoms in total. The van der Waals surface area contributed by atoms with Gasteiger partial charge in [0.25, 0.3) is 0 Å². The van der Waals surface area contributed by atoms with Gasteiger partial charge in [-0.2, -0.15) is 0 Å². The summed E-state index contributed by atoms with van der Waals surface area (Å²) in [6.45, 7) is 6.50. The van der Waals surface area contributed by atoms with E-state index >= 15 is 0 Å². The summed E-state index contributed by atoms with van der Waals surface area (Å²) in [5.74, 6) is 0.479. The van der Waals surface area contributed by atoms with E-state index in [1.807, 2.05) is 0 Å². The number of rotatable bonds is 3. The number of aliphatic hydroxyl groups excluding tert-OH is 4. The van der Waals surface area contributed by atoms with E-state index in [1.165, 1.54) is 0 Å². The minimum atomic E-state index is -0.959. The maximum absolute atomic E-state index is 12.1. The summed E-state index contributed by atoms with van der Waals surface area (Å²) in [4.78, 5) is 12.0. The summed E-state index contributed by atoms with van der Waals surface area (Å²) in [6, 6.07) is 0. The summed E-state index contributed by atoms with van der Waals surface area (Å²) >= 11 is 0. The first-order chi connectivity index (χ1) is 17.5. The van der Waals surface area contributed by atoms with Gasteiger partial charge in [0.1, 0.15) is 12.7 Å². The van der Waals surface area contributed by atoms with Gasteiger partial charge in [0.2, 0.25) is 0 Å². The van der Waals surface area contributed by atoms with Gasteiger partial charge in [-0.05, 0) is 93.0 Å². The van der Waals surface area contributed by atoms with Gasteiger partial charge in [-0.15, -0.1) is 0 Å². The molecule has 0 bridgehead atoms. The molecule has 208 valence electrons. The van der Waals surface area contributed by atoms with Crippen LogP contribution in [0.5, 0.6) is 0 Å². The molecule has 5 fully saturated rings. The minimum Gasteiger partial charge on any atom is -0.458 e. The van der Waals surface area contributed by atoms with Gasteiger partial charge in [0, 0.05) is 17.9 Å². The van der Waals surface area contributed by atoms with E-state index in [-0.39, 0.29) is 48.3 Å². The fourth-order valence-corrected chi connectivity index (χ4v) is 9.94. The Balaban J connectivity index is 1.41. The van der Waals surface area contributed by atoms with Crippen LogP contribution in [0.4, 0.5) is 0 Å². The summed E-state index contributed by atoms with van der Waals surface area (Å²) < 4.78 is 18.5. The fourth-order valence-electron chi connectivity index (χ4n) is 9.94. The molecule has 1 saturated heterocycles. The molecule has 0 amide bonds. The molecular weight excluding hydrogens is 476 g/mol. The Morgan fingerprint density at radius 1 is 0.973 bits per heavy atom. The highest BCUT2D eigenvalue weighted by Crippen LogP contribution is 2.71. The molecule has 2 aliphatic heterocycles. The summed E-state index contributed by atoms with van der Waals surface area (Å²) in [5, 5.41) is 43.3. The Morgan fingerprint density at radius 3 is 2.46 bits per heavy atom. The number of cyclic esters (lactones) is 1. The quantitative estimate of drug-likeness (QED) is 0.418. The lowest BCUT2D eigenvalue weighted by Crippen LogP contribution is -2.69. The van der Waals surface area contributed by atoms with Crippen molar-refractivity contribution in [1.82, 2.24) is 0 Å². The minimum absolute atomic E-state index is 0.0149. The number of hydrogen-bond donors (Lipinski definition) is 4. The van der Waals surface area contributed by atoms with Crippen molar-refractivity contribution in [3.63, 3.8) is 0 Å². The Labute approximate surface area is 219 Å². The Kier molecular flexibility index (Phi) is 6.37. The second kappa shape index (κ2) is 9.00. The first-order valence-electron chi connectivity index (χ1n) is 14.4. The lowest BCUT2D eigenvalue weighted by atomic mass is 9.42. The van der Waals surface area contributed by atoms with Crippen LogP contribution in [0.25, 0.3) is 0 Å². The maximum Gasteiger partial charge on any atom is 0.331 e. The average Bonchev–Trinajstić information content (AvgIpc) is 3.40. The smallest absolute Gasteiger partial charge is 0.331 e. The second-order valence-corrected chi connectivity index (χ2v) is 13.4. The second-order valence-electron chi connectivity index (χ2n) is 13.4. The van der Waals surface area contributed by atoms with Gasteiger partial charge in [-0.25, -0.2) is 4.79 Å². The van der Waals surface area contributed by atoms with Gasteiger partial charge in [0.15, 0.2) is 6.29 Å². The molecule has 2 heterocycles. The van der Waals surface area contributed by atoms with Crippen LogP contribution in [0.15, 0.2) is 11.6 Å². The third kappa shape index (κ3) is 3.73. The van der Waals surface area contributed by atoms with Crippen LogP contribution < -0.4 is 0 Å². The van der Waals surface area contributed by atoms with Crippen molar-refractivity contribution < 1.29 is 39.4 Å². The summed E-state index contributed by atoms with van der Waals surface area (Å²) in [7, 11) is 0. The van der Waals surface area contributed by atoms with Crippen molar-refractivity contribution in [3.8, 4) is 0 Å². The van der Waals surface area contributed by atoms with Crippen molar-refractivity contribution in [2.75, 3.05) is 6.61 Å². The highest BCUT2D eigenvalue weighted by molar-refractivity contribution is 5.85. The van der Waals surface area contributed by atoms with Crippen molar-refractivity contribution in [1.29, 1.82) is 0 Å². The molecule has 4 saturated carbocycles. The molecule has 0 aromatic heterocycles. The molecular formula is C29H44O8. The molecule has 6 rings (SSSR count). The Bertz CT molecular complexity index is 940. The number of esters is 1. The van der Waals surface area contributed by atoms with Crippen LogP contribution >= 0.6 is 0 Å². The van der Waals surface area contributed by atoms with E-state index in [1.54, 1.807) is 13.0 Å². The number of aliphatic hydroxyl groups is 4. The van der Waals surface area contributed by atoms with Crippen LogP contribution in [-0.4, -0.2) is 75.4 Å². The van der Waals surface area contributed by atoms with Crippen molar-refractivity contribution >= 4 is 5.97 Å². The average molecular weight is 521 g/mol.